The van der Waals surface area contributed by atoms with Crippen LogP contribution in [0.5, 0.6) is 0 Å². The molecular weight excluding hydrogens is 444 g/mol. The van der Waals surface area contributed by atoms with Crippen LogP contribution in [0.2, 0.25) is 0 Å². The molecule has 2 aliphatic heterocycles. The van der Waals surface area contributed by atoms with E-state index in [1.807, 2.05) is 17.0 Å². The number of hydrogen-bond acceptors (Lipinski definition) is 6. The number of hydrogen-bond donors (Lipinski definition) is 1. The SMILES string of the molecule is Cc1cc2c(N3CCCc4ncc(C(F)F)cc43)nc(N3CCCC3)cc2n(C)c1=O.O=CO. The van der Waals surface area contributed by atoms with E-state index in [1.54, 1.807) is 18.5 Å². The molecule has 0 radical (unpaired) electrons. The van der Waals surface area contributed by atoms with Crippen molar-refractivity contribution in [3.05, 3.63) is 51.6 Å². The van der Waals surface area contributed by atoms with Crippen molar-refractivity contribution in [1.82, 2.24) is 14.5 Å². The first kappa shape index (κ1) is 23.6. The molecule has 0 amide bonds. The van der Waals surface area contributed by atoms with Crippen LogP contribution in [0, 0.1) is 6.92 Å². The number of aromatic nitrogens is 3. The molecule has 180 valence electrons. The highest BCUT2D eigenvalue weighted by Crippen LogP contribution is 2.38. The smallest absolute Gasteiger partial charge is 0.290 e. The Morgan fingerprint density at radius 2 is 1.82 bits per heavy atom. The van der Waals surface area contributed by atoms with Gasteiger partial charge in [-0.05, 0) is 44.7 Å². The van der Waals surface area contributed by atoms with Gasteiger partial charge in [0.2, 0.25) is 0 Å². The monoisotopic (exact) mass is 471 g/mol. The Morgan fingerprint density at radius 3 is 2.50 bits per heavy atom. The van der Waals surface area contributed by atoms with E-state index in [1.165, 1.54) is 12.3 Å². The Hall–Kier alpha value is -3.56. The van der Waals surface area contributed by atoms with E-state index in [9.17, 15) is 13.6 Å². The lowest BCUT2D eigenvalue weighted by Gasteiger charge is -2.32. The van der Waals surface area contributed by atoms with Crippen molar-refractivity contribution >= 4 is 34.7 Å². The van der Waals surface area contributed by atoms with Crippen molar-refractivity contribution in [3.8, 4) is 0 Å². The number of carboxylic acid groups (broad SMARTS) is 1. The maximum Gasteiger partial charge on any atom is 0.290 e. The molecule has 8 nitrogen and oxygen atoms in total. The molecule has 2 aliphatic rings. The minimum atomic E-state index is -2.58. The third kappa shape index (κ3) is 4.32. The maximum absolute atomic E-state index is 13.4. The van der Waals surface area contributed by atoms with Gasteiger partial charge in [-0.25, -0.2) is 13.8 Å². The van der Waals surface area contributed by atoms with Crippen LogP contribution in [-0.2, 0) is 18.3 Å². The van der Waals surface area contributed by atoms with Crippen molar-refractivity contribution in [1.29, 1.82) is 0 Å². The first-order valence-corrected chi connectivity index (χ1v) is 11.2. The molecule has 0 aliphatic carbocycles. The summed E-state index contributed by atoms with van der Waals surface area (Å²) in [6.45, 7) is 4.05. The fourth-order valence-electron chi connectivity index (χ4n) is 4.69. The van der Waals surface area contributed by atoms with Gasteiger partial charge in [0, 0.05) is 55.5 Å². The van der Waals surface area contributed by atoms with Gasteiger partial charge in [-0.3, -0.25) is 14.6 Å². The van der Waals surface area contributed by atoms with E-state index >= 15 is 0 Å². The molecule has 0 spiro atoms. The second-order valence-corrected chi connectivity index (χ2v) is 8.52. The minimum Gasteiger partial charge on any atom is -0.483 e. The van der Waals surface area contributed by atoms with E-state index in [-0.39, 0.29) is 17.6 Å². The molecule has 34 heavy (non-hydrogen) atoms. The summed E-state index contributed by atoms with van der Waals surface area (Å²) in [5.41, 5.74) is 2.78. The Morgan fingerprint density at radius 1 is 1.12 bits per heavy atom. The zero-order valence-corrected chi connectivity index (χ0v) is 19.2. The van der Waals surface area contributed by atoms with Gasteiger partial charge in [-0.15, -0.1) is 0 Å². The van der Waals surface area contributed by atoms with Crippen molar-refractivity contribution in [2.45, 2.75) is 39.0 Å². The molecular formula is C24H27F2N5O3. The number of pyridine rings is 3. The van der Waals surface area contributed by atoms with Crippen molar-refractivity contribution in [2.24, 2.45) is 7.05 Å². The van der Waals surface area contributed by atoms with Gasteiger partial charge >= 0.3 is 0 Å². The minimum absolute atomic E-state index is 0.0438. The number of alkyl halides is 2. The van der Waals surface area contributed by atoms with Crippen LogP contribution in [-0.4, -0.2) is 45.7 Å². The molecule has 5 heterocycles. The average Bonchev–Trinajstić information content (AvgIpc) is 3.37. The highest BCUT2D eigenvalue weighted by atomic mass is 19.3. The van der Waals surface area contributed by atoms with Crippen LogP contribution in [0.4, 0.5) is 26.1 Å². The zero-order chi connectivity index (χ0) is 24.4. The third-order valence-electron chi connectivity index (χ3n) is 6.36. The van der Waals surface area contributed by atoms with E-state index in [2.05, 4.69) is 9.88 Å². The fraction of sp³-hybridized carbons (Fsp3) is 0.417. The van der Waals surface area contributed by atoms with Crippen LogP contribution in [0.1, 0.15) is 42.5 Å². The van der Waals surface area contributed by atoms with Gasteiger partial charge in [0.05, 0.1) is 16.9 Å². The molecule has 10 heteroatoms. The second-order valence-electron chi connectivity index (χ2n) is 8.52. The van der Waals surface area contributed by atoms with Crippen LogP contribution in [0.15, 0.2) is 29.2 Å². The van der Waals surface area contributed by atoms with Crippen molar-refractivity contribution < 1.29 is 18.7 Å². The number of halogens is 2. The highest BCUT2D eigenvalue weighted by Gasteiger charge is 2.26. The molecule has 1 saturated heterocycles. The number of aryl methyl sites for hydroxylation is 3. The van der Waals surface area contributed by atoms with Gasteiger partial charge in [0.1, 0.15) is 11.6 Å². The van der Waals surface area contributed by atoms with E-state index in [4.69, 9.17) is 14.9 Å². The molecule has 1 N–H and O–H groups in total. The molecule has 3 aromatic heterocycles. The number of rotatable bonds is 3. The standard InChI is InChI=1S/C23H25F2N5O.CH2O2/c1-14-10-16-18(28(2)23(14)31)12-20(29-7-3-4-8-29)27-22(16)30-9-5-6-17-19(30)11-15(13-26-17)21(24)25;2-1-3/h10-13,21H,3-9H2,1-2H3;1H,(H,2,3). The molecule has 5 rings (SSSR count). The average molecular weight is 472 g/mol. The first-order valence-electron chi connectivity index (χ1n) is 11.2. The summed E-state index contributed by atoms with van der Waals surface area (Å²) in [7, 11) is 1.77. The summed E-state index contributed by atoms with van der Waals surface area (Å²) < 4.78 is 28.5. The maximum atomic E-state index is 13.4. The summed E-state index contributed by atoms with van der Waals surface area (Å²) in [4.78, 5) is 34.6. The summed E-state index contributed by atoms with van der Waals surface area (Å²) >= 11 is 0. The summed E-state index contributed by atoms with van der Waals surface area (Å²) in [6.07, 6.45) is 2.51. The van der Waals surface area contributed by atoms with Crippen LogP contribution in [0.25, 0.3) is 10.9 Å². The third-order valence-corrected chi connectivity index (χ3v) is 6.36. The summed E-state index contributed by atoms with van der Waals surface area (Å²) in [5.74, 6) is 1.52. The molecule has 0 saturated carbocycles. The Kier molecular flexibility index (Phi) is 6.76. The van der Waals surface area contributed by atoms with Crippen LogP contribution < -0.4 is 15.4 Å². The van der Waals surface area contributed by atoms with E-state index < -0.39 is 6.43 Å². The second kappa shape index (κ2) is 9.74. The van der Waals surface area contributed by atoms with E-state index in [0.717, 1.165) is 61.2 Å². The first-order chi connectivity index (χ1) is 16.3. The number of nitrogens with zero attached hydrogens (tertiary/aromatic N) is 5. The fourth-order valence-corrected chi connectivity index (χ4v) is 4.69. The predicted molar refractivity (Wildman–Crippen MR) is 126 cm³/mol. The summed E-state index contributed by atoms with van der Waals surface area (Å²) in [6, 6.07) is 5.38. The van der Waals surface area contributed by atoms with Gasteiger partial charge in [-0.1, -0.05) is 0 Å². The van der Waals surface area contributed by atoms with Crippen LogP contribution >= 0.6 is 0 Å². The molecule has 3 aromatic rings. The van der Waals surface area contributed by atoms with Gasteiger partial charge in [0.15, 0.2) is 0 Å². The Labute approximate surface area is 195 Å². The quantitative estimate of drug-likeness (QED) is 0.578. The van der Waals surface area contributed by atoms with Crippen LogP contribution in [0.3, 0.4) is 0 Å². The number of anilines is 3. The molecule has 0 bridgehead atoms. The van der Waals surface area contributed by atoms with Gasteiger partial charge in [-0.2, -0.15) is 0 Å². The zero-order valence-electron chi connectivity index (χ0n) is 19.2. The number of fused-ring (bicyclic) bond motifs is 2. The lowest BCUT2D eigenvalue weighted by Crippen LogP contribution is -2.29. The Bertz CT molecular complexity index is 1270. The van der Waals surface area contributed by atoms with Gasteiger partial charge < -0.3 is 19.5 Å². The highest BCUT2D eigenvalue weighted by molar-refractivity contribution is 5.94. The molecule has 1 fully saturated rings. The van der Waals surface area contributed by atoms with Gasteiger partial charge in [0.25, 0.3) is 18.5 Å². The molecule has 0 unspecified atom stereocenters. The Balaban J connectivity index is 0.000000868. The topological polar surface area (TPSA) is 91.6 Å². The lowest BCUT2D eigenvalue weighted by atomic mass is 10.0. The predicted octanol–water partition coefficient (Wildman–Crippen LogP) is 3.96. The largest absolute Gasteiger partial charge is 0.483 e. The van der Waals surface area contributed by atoms with E-state index in [0.29, 0.717) is 23.6 Å². The number of carbonyl (C=O) groups is 1. The van der Waals surface area contributed by atoms with Crippen molar-refractivity contribution in [2.75, 3.05) is 29.4 Å². The summed E-state index contributed by atoms with van der Waals surface area (Å²) in [5, 5.41) is 7.73. The lowest BCUT2D eigenvalue weighted by molar-refractivity contribution is -0.122. The molecule has 0 aromatic carbocycles. The van der Waals surface area contributed by atoms with Crippen molar-refractivity contribution in [3.63, 3.8) is 0 Å². The molecule has 0 atom stereocenters. The normalized spacial score (nSPS) is 15.3.